The minimum absolute atomic E-state index is 0.195. The highest BCUT2D eigenvalue weighted by Crippen LogP contribution is 2.32. The van der Waals surface area contributed by atoms with E-state index in [9.17, 15) is 14.4 Å². The number of nitrogens with zero attached hydrogens (tertiary/aromatic N) is 2. The van der Waals surface area contributed by atoms with Crippen molar-refractivity contribution in [3.05, 3.63) is 55.5 Å². The van der Waals surface area contributed by atoms with Gasteiger partial charge in [-0.3, -0.25) is 18.7 Å². The molecule has 0 aliphatic carbocycles. The Morgan fingerprint density at radius 2 is 1.92 bits per heavy atom. The van der Waals surface area contributed by atoms with Crippen molar-refractivity contribution in [3.8, 4) is 11.5 Å². The molecule has 0 spiro atoms. The molecule has 1 N–H and O–H groups in total. The third-order valence-electron chi connectivity index (χ3n) is 4.24. The number of hydrogen-bond acceptors (Lipinski definition) is 6. The highest BCUT2D eigenvalue weighted by molar-refractivity contribution is 7.20. The average Bonchev–Trinajstić information content (AvgIpc) is 3.29. The van der Waals surface area contributed by atoms with Crippen LogP contribution in [0.3, 0.4) is 0 Å². The predicted molar refractivity (Wildman–Crippen MR) is 96.0 cm³/mol. The highest BCUT2D eigenvalue weighted by atomic mass is 32.1. The van der Waals surface area contributed by atoms with Crippen LogP contribution in [0.5, 0.6) is 11.5 Å². The van der Waals surface area contributed by atoms with Crippen molar-refractivity contribution in [3.63, 3.8) is 0 Å². The number of nitrogens with one attached hydrogen (secondary N) is 1. The molecule has 0 saturated heterocycles. The fraction of sp³-hybridized carbons (Fsp3) is 0.235. The lowest BCUT2D eigenvalue weighted by molar-refractivity contribution is 0.0955. The normalized spacial score (nSPS) is 12.5. The van der Waals surface area contributed by atoms with Gasteiger partial charge in [-0.15, -0.1) is 11.3 Å². The summed E-state index contributed by atoms with van der Waals surface area (Å²) in [5, 5.41) is 3.17. The van der Waals surface area contributed by atoms with E-state index in [1.165, 1.54) is 17.7 Å². The fourth-order valence-electron chi connectivity index (χ4n) is 2.80. The number of aryl methyl sites for hydroxylation is 1. The Morgan fingerprint density at radius 3 is 2.73 bits per heavy atom. The molecule has 0 fully saturated rings. The van der Waals surface area contributed by atoms with Crippen molar-refractivity contribution < 1.29 is 14.3 Å². The van der Waals surface area contributed by atoms with Gasteiger partial charge in [-0.05, 0) is 23.8 Å². The van der Waals surface area contributed by atoms with Crippen LogP contribution in [-0.2, 0) is 20.6 Å². The number of aromatic nitrogens is 2. The SMILES string of the molecule is Cn1c(=O)c2cc(C(=O)NCc3ccc4c(c3)OCO4)sc2n(C)c1=O. The Bertz CT molecular complexity index is 1160. The van der Waals surface area contributed by atoms with Crippen LogP contribution < -0.4 is 26.0 Å². The number of thiophene rings is 1. The van der Waals surface area contributed by atoms with Crippen LogP contribution in [0.1, 0.15) is 15.2 Å². The molecule has 134 valence electrons. The molecule has 0 saturated carbocycles. The first-order valence-electron chi connectivity index (χ1n) is 7.82. The van der Waals surface area contributed by atoms with Crippen LogP contribution in [0.15, 0.2) is 33.9 Å². The zero-order chi connectivity index (χ0) is 18.4. The zero-order valence-corrected chi connectivity index (χ0v) is 14.9. The Balaban J connectivity index is 1.59. The smallest absolute Gasteiger partial charge is 0.331 e. The summed E-state index contributed by atoms with van der Waals surface area (Å²) in [5.74, 6) is 1.02. The number of fused-ring (bicyclic) bond motifs is 2. The first-order chi connectivity index (χ1) is 12.5. The van der Waals surface area contributed by atoms with Gasteiger partial charge in [0.15, 0.2) is 11.5 Å². The summed E-state index contributed by atoms with van der Waals surface area (Å²) in [5.41, 5.74) is 0.0397. The topological polar surface area (TPSA) is 91.6 Å². The van der Waals surface area contributed by atoms with Gasteiger partial charge in [-0.25, -0.2) is 4.79 Å². The number of rotatable bonds is 3. The molecule has 8 nitrogen and oxygen atoms in total. The fourth-order valence-corrected chi connectivity index (χ4v) is 3.82. The van der Waals surface area contributed by atoms with Gasteiger partial charge < -0.3 is 14.8 Å². The summed E-state index contributed by atoms with van der Waals surface area (Å²) in [6.45, 7) is 0.501. The van der Waals surface area contributed by atoms with Crippen molar-refractivity contribution in [1.82, 2.24) is 14.5 Å². The van der Waals surface area contributed by atoms with Crippen molar-refractivity contribution in [1.29, 1.82) is 0 Å². The van der Waals surface area contributed by atoms with Gasteiger partial charge in [0.05, 0.1) is 10.3 Å². The molecule has 1 aliphatic rings. The second-order valence-electron chi connectivity index (χ2n) is 5.91. The number of hydrogen-bond donors (Lipinski definition) is 1. The quantitative estimate of drug-likeness (QED) is 0.738. The third kappa shape index (κ3) is 2.57. The van der Waals surface area contributed by atoms with Crippen molar-refractivity contribution in [2.75, 3.05) is 6.79 Å². The van der Waals surface area contributed by atoms with E-state index in [0.717, 1.165) is 21.5 Å². The molecule has 0 unspecified atom stereocenters. The molecule has 9 heteroatoms. The van der Waals surface area contributed by atoms with Gasteiger partial charge in [-0.1, -0.05) is 6.07 Å². The number of amides is 1. The Hall–Kier alpha value is -3.07. The summed E-state index contributed by atoms with van der Waals surface area (Å²) < 4.78 is 13.0. The third-order valence-corrected chi connectivity index (χ3v) is 5.45. The van der Waals surface area contributed by atoms with Gasteiger partial charge in [0.2, 0.25) is 6.79 Å². The molecule has 0 bridgehead atoms. The molecule has 4 rings (SSSR count). The van der Waals surface area contributed by atoms with E-state index >= 15 is 0 Å². The van der Waals surface area contributed by atoms with E-state index in [1.54, 1.807) is 13.1 Å². The van der Waals surface area contributed by atoms with E-state index in [4.69, 9.17) is 9.47 Å². The number of benzene rings is 1. The maximum absolute atomic E-state index is 12.5. The minimum Gasteiger partial charge on any atom is -0.454 e. The zero-order valence-electron chi connectivity index (χ0n) is 14.1. The maximum atomic E-state index is 12.5. The van der Waals surface area contributed by atoms with Gasteiger partial charge in [-0.2, -0.15) is 0 Å². The summed E-state index contributed by atoms with van der Waals surface area (Å²) in [6.07, 6.45) is 0. The number of carbonyl (C=O) groups is 1. The van der Waals surface area contributed by atoms with Crippen molar-refractivity contribution >= 4 is 27.5 Å². The van der Waals surface area contributed by atoms with E-state index in [0.29, 0.717) is 33.1 Å². The summed E-state index contributed by atoms with van der Waals surface area (Å²) >= 11 is 1.12. The Morgan fingerprint density at radius 1 is 1.15 bits per heavy atom. The largest absolute Gasteiger partial charge is 0.454 e. The van der Waals surface area contributed by atoms with Gasteiger partial charge in [0, 0.05) is 20.6 Å². The molecule has 1 aliphatic heterocycles. The summed E-state index contributed by atoms with van der Waals surface area (Å²) in [4.78, 5) is 37.5. The average molecular weight is 373 g/mol. The van der Waals surface area contributed by atoms with Gasteiger partial charge in [0.1, 0.15) is 4.83 Å². The lowest BCUT2D eigenvalue weighted by Crippen LogP contribution is -2.36. The van der Waals surface area contributed by atoms with Crippen LogP contribution in [0.25, 0.3) is 10.2 Å². The molecule has 1 aromatic carbocycles. The number of carbonyl (C=O) groups excluding carboxylic acids is 1. The molecule has 0 radical (unpaired) electrons. The van der Waals surface area contributed by atoms with Crippen LogP contribution >= 0.6 is 11.3 Å². The van der Waals surface area contributed by atoms with Crippen LogP contribution in [-0.4, -0.2) is 21.8 Å². The second kappa shape index (κ2) is 6.03. The van der Waals surface area contributed by atoms with Crippen molar-refractivity contribution in [2.24, 2.45) is 14.1 Å². The first-order valence-corrected chi connectivity index (χ1v) is 8.63. The molecule has 3 heterocycles. The lowest BCUT2D eigenvalue weighted by Gasteiger charge is -2.05. The van der Waals surface area contributed by atoms with Gasteiger partial charge >= 0.3 is 5.69 Å². The Labute approximate surface area is 151 Å². The summed E-state index contributed by atoms with van der Waals surface area (Å²) in [7, 11) is 3.00. The molecular weight excluding hydrogens is 358 g/mol. The van der Waals surface area contributed by atoms with Gasteiger partial charge in [0.25, 0.3) is 11.5 Å². The van der Waals surface area contributed by atoms with Crippen LogP contribution in [0.2, 0.25) is 0 Å². The standard InChI is InChI=1S/C17H15N3O5S/c1-19-15(22)10-6-13(26-16(10)20(2)17(19)23)14(21)18-7-9-3-4-11-12(5-9)25-8-24-11/h3-6H,7-8H2,1-2H3,(H,18,21). The first kappa shape index (κ1) is 16.4. The monoisotopic (exact) mass is 373 g/mol. The Kier molecular flexibility index (Phi) is 3.80. The molecule has 26 heavy (non-hydrogen) atoms. The minimum atomic E-state index is -0.420. The maximum Gasteiger partial charge on any atom is 0.331 e. The molecule has 0 atom stereocenters. The molecule has 1 amide bonds. The predicted octanol–water partition coefficient (Wildman–Crippen LogP) is 0.957. The molecule has 2 aromatic heterocycles. The van der Waals surface area contributed by atoms with Crippen LogP contribution in [0.4, 0.5) is 0 Å². The lowest BCUT2D eigenvalue weighted by atomic mass is 10.2. The summed E-state index contributed by atoms with van der Waals surface area (Å²) in [6, 6.07) is 6.98. The van der Waals surface area contributed by atoms with Crippen LogP contribution in [0, 0.1) is 0 Å². The molecule has 3 aromatic rings. The van der Waals surface area contributed by atoms with E-state index in [1.807, 2.05) is 12.1 Å². The molecular formula is C17H15N3O5S. The van der Waals surface area contributed by atoms with Crippen molar-refractivity contribution in [2.45, 2.75) is 6.54 Å². The van der Waals surface area contributed by atoms with E-state index in [2.05, 4.69) is 5.32 Å². The number of ether oxygens (including phenoxy) is 2. The van der Waals surface area contributed by atoms with E-state index < -0.39 is 11.2 Å². The van der Waals surface area contributed by atoms with E-state index in [-0.39, 0.29) is 12.7 Å². The highest BCUT2D eigenvalue weighted by Gasteiger charge is 2.17. The second-order valence-corrected chi connectivity index (χ2v) is 6.94.